The number of carbonyl (C=O) groups is 1. The fourth-order valence-electron chi connectivity index (χ4n) is 3.24. The molecule has 0 unspecified atom stereocenters. The first-order valence-electron chi connectivity index (χ1n) is 9.15. The number of hydrogen-bond donors (Lipinski definition) is 0. The molecule has 1 amide bonds. The highest BCUT2D eigenvalue weighted by Gasteiger charge is 2.25. The minimum atomic E-state index is -0.282. The molecule has 3 heterocycles. The number of fused-ring (bicyclic) bond motifs is 1. The van der Waals surface area contributed by atoms with Crippen molar-refractivity contribution in [1.82, 2.24) is 19.9 Å². The van der Waals surface area contributed by atoms with Crippen molar-refractivity contribution in [2.24, 2.45) is 0 Å². The van der Waals surface area contributed by atoms with E-state index in [1.165, 1.54) is 11.3 Å². The van der Waals surface area contributed by atoms with Crippen molar-refractivity contribution in [2.75, 3.05) is 11.4 Å². The third-order valence-corrected chi connectivity index (χ3v) is 5.84. The zero-order chi connectivity index (χ0) is 20.7. The van der Waals surface area contributed by atoms with Crippen LogP contribution in [0.1, 0.15) is 33.2 Å². The van der Waals surface area contributed by atoms with Crippen molar-refractivity contribution in [3.63, 3.8) is 0 Å². The number of thiazole rings is 1. The number of benzene rings is 1. The summed E-state index contributed by atoms with van der Waals surface area (Å²) in [7, 11) is 0. The van der Waals surface area contributed by atoms with Gasteiger partial charge in [0.2, 0.25) is 5.76 Å². The van der Waals surface area contributed by atoms with Gasteiger partial charge in [-0.05, 0) is 51.5 Å². The second-order valence-corrected chi connectivity index (χ2v) is 8.45. The van der Waals surface area contributed by atoms with Gasteiger partial charge < -0.3 is 4.52 Å². The molecule has 150 valence electrons. The van der Waals surface area contributed by atoms with E-state index in [2.05, 4.69) is 10.3 Å². The Labute approximate surface area is 176 Å². The van der Waals surface area contributed by atoms with Gasteiger partial charge in [-0.15, -0.1) is 0 Å². The Hall–Kier alpha value is -2.71. The van der Waals surface area contributed by atoms with E-state index in [1.807, 2.05) is 43.7 Å². The van der Waals surface area contributed by atoms with E-state index >= 15 is 0 Å². The molecule has 0 saturated heterocycles. The summed E-state index contributed by atoms with van der Waals surface area (Å²) in [4.78, 5) is 19.5. The topological polar surface area (TPSA) is 77.0 Å². The van der Waals surface area contributed by atoms with Gasteiger partial charge in [-0.1, -0.05) is 28.1 Å². The van der Waals surface area contributed by atoms with E-state index in [0.717, 1.165) is 27.2 Å². The molecular formula is C20H20ClN5O2S. The van der Waals surface area contributed by atoms with Crippen LogP contribution >= 0.6 is 22.9 Å². The standard InChI is InChI=1S/C20H20ClN5O2S/c1-11-7-15(21)10-17-18(11)22-20(29-17)25(19(27)16-9-13(3)24-28-16)5-6-26-14(4)8-12(2)23-26/h7-10H,5-6H2,1-4H3. The molecule has 9 heteroatoms. The first kappa shape index (κ1) is 19.6. The number of halogens is 1. The Morgan fingerprint density at radius 1 is 1.17 bits per heavy atom. The second-order valence-electron chi connectivity index (χ2n) is 7.01. The molecule has 0 aliphatic heterocycles. The summed E-state index contributed by atoms with van der Waals surface area (Å²) in [5.41, 5.74) is 4.44. The van der Waals surface area contributed by atoms with Gasteiger partial charge in [0.05, 0.1) is 28.1 Å². The number of anilines is 1. The highest BCUT2D eigenvalue weighted by atomic mass is 35.5. The summed E-state index contributed by atoms with van der Waals surface area (Å²) in [6.07, 6.45) is 0. The lowest BCUT2D eigenvalue weighted by atomic mass is 10.2. The summed E-state index contributed by atoms with van der Waals surface area (Å²) in [6, 6.07) is 7.38. The smallest absolute Gasteiger partial charge is 0.298 e. The number of carbonyl (C=O) groups excluding carboxylic acids is 1. The van der Waals surface area contributed by atoms with Crippen molar-refractivity contribution in [3.8, 4) is 0 Å². The highest BCUT2D eigenvalue weighted by Crippen LogP contribution is 2.33. The summed E-state index contributed by atoms with van der Waals surface area (Å²) in [5, 5.41) is 9.57. The molecule has 7 nitrogen and oxygen atoms in total. The van der Waals surface area contributed by atoms with Crippen LogP contribution in [0, 0.1) is 27.7 Å². The number of rotatable bonds is 5. The lowest BCUT2D eigenvalue weighted by Gasteiger charge is -2.18. The first-order chi connectivity index (χ1) is 13.8. The quantitative estimate of drug-likeness (QED) is 0.459. The number of amides is 1. The molecular weight excluding hydrogens is 410 g/mol. The fourth-order valence-corrected chi connectivity index (χ4v) is 4.68. The van der Waals surface area contributed by atoms with Gasteiger partial charge in [-0.3, -0.25) is 14.4 Å². The lowest BCUT2D eigenvalue weighted by molar-refractivity contribution is 0.0950. The van der Waals surface area contributed by atoms with Gasteiger partial charge in [-0.25, -0.2) is 4.98 Å². The van der Waals surface area contributed by atoms with Crippen LogP contribution in [0.3, 0.4) is 0 Å². The Kier molecular flexibility index (Phi) is 5.14. The maximum absolute atomic E-state index is 13.2. The predicted octanol–water partition coefficient (Wildman–Crippen LogP) is 4.71. The van der Waals surface area contributed by atoms with Crippen LogP contribution in [-0.4, -0.2) is 32.4 Å². The van der Waals surface area contributed by atoms with Gasteiger partial charge in [0.25, 0.3) is 5.91 Å². The van der Waals surface area contributed by atoms with Crippen LogP contribution < -0.4 is 4.90 Å². The number of nitrogens with zero attached hydrogens (tertiary/aromatic N) is 5. The summed E-state index contributed by atoms with van der Waals surface area (Å²) in [5.74, 6) is -0.0974. The molecule has 0 radical (unpaired) electrons. The van der Waals surface area contributed by atoms with Crippen LogP contribution in [0.15, 0.2) is 28.8 Å². The SMILES string of the molecule is Cc1cc(C(=O)N(CCn2nc(C)cc2C)c2nc3c(C)cc(Cl)cc3s2)on1. The third kappa shape index (κ3) is 3.90. The van der Waals surface area contributed by atoms with E-state index in [4.69, 9.17) is 21.1 Å². The molecule has 29 heavy (non-hydrogen) atoms. The summed E-state index contributed by atoms with van der Waals surface area (Å²) < 4.78 is 8.04. The number of hydrogen-bond acceptors (Lipinski definition) is 6. The lowest BCUT2D eigenvalue weighted by Crippen LogP contribution is -2.34. The van der Waals surface area contributed by atoms with Gasteiger partial charge >= 0.3 is 0 Å². The van der Waals surface area contributed by atoms with E-state index in [9.17, 15) is 4.79 Å². The monoisotopic (exact) mass is 429 g/mol. The van der Waals surface area contributed by atoms with Crippen LogP contribution in [0.25, 0.3) is 10.2 Å². The van der Waals surface area contributed by atoms with Crippen molar-refractivity contribution in [3.05, 3.63) is 57.7 Å². The molecule has 4 rings (SSSR count). The van der Waals surface area contributed by atoms with Crippen molar-refractivity contribution in [1.29, 1.82) is 0 Å². The Morgan fingerprint density at radius 3 is 2.62 bits per heavy atom. The van der Waals surface area contributed by atoms with Crippen molar-refractivity contribution in [2.45, 2.75) is 34.2 Å². The Morgan fingerprint density at radius 2 is 1.97 bits per heavy atom. The van der Waals surface area contributed by atoms with Crippen LogP contribution in [0.4, 0.5) is 5.13 Å². The average molecular weight is 430 g/mol. The van der Waals surface area contributed by atoms with E-state index < -0.39 is 0 Å². The van der Waals surface area contributed by atoms with Gasteiger partial charge in [-0.2, -0.15) is 5.10 Å². The molecule has 0 aliphatic carbocycles. The molecule has 0 aliphatic rings. The van der Waals surface area contributed by atoms with E-state index in [1.54, 1.807) is 17.9 Å². The van der Waals surface area contributed by atoms with E-state index in [0.29, 0.717) is 28.9 Å². The van der Waals surface area contributed by atoms with Crippen LogP contribution in [-0.2, 0) is 6.54 Å². The Balaban J connectivity index is 1.72. The van der Waals surface area contributed by atoms with Crippen LogP contribution in [0.5, 0.6) is 0 Å². The molecule has 0 atom stereocenters. The maximum atomic E-state index is 13.2. The zero-order valence-electron chi connectivity index (χ0n) is 16.6. The molecule has 4 aromatic rings. The summed E-state index contributed by atoms with van der Waals surface area (Å²) in [6.45, 7) is 8.61. The molecule has 1 aromatic carbocycles. The minimum Gasteiger partial charge on any atom is -0.351 e. The largest absolute Gasteiger partial charge is 0.351 e. The molecule has 0 N–H and O–H groups in total. The average Bonchev–Trinajstić information content (AvgIpc) is 3.34. The normalized spacial score (nSPS) is 11.3. The number of aromatic nitrogens is 4. The Bertz CT molecular complexity index is 1210. The first-order valence-corrected chi connectivity index (χ1v) is 10.3. The minimum absolute atomic E-state index is 0.185. The third-order valence-electron chi connectivity index (χ3n) is 4.59. The maximum Gasteiger partial charge on any atom is 0.298 e. The molecule has 0 spiro atoms. The van der Waals surface area contributed by atoms with Crippen molar-refractivity contribution >= 4 is 44.2 Å². The van der Waals surface area contributed by atoms with Crippen LogP contribution in [0.2, 0.25) is 5.02 Å². The zero-order valence-corrected chi connectivity index (χ0v) is 18.1. The fraction of sp³-hybridized carbons (Fsp3) is 0.300. The number of aryl methyl sites for hydroxylation is 4. The van der Waals surface area contributed by atoms with Gasteiger partial charge in [0, 0.05) is 23.3 Å². The van der Waals surface area contributed by atoms with E-state index in [-0.39, 0.29) is 11.7 Å². The van der Waals surface area contributed by atoms with Gasteiger partial charge in [0.1, 0.15) is 0 Å². The molecule has 3 aromatic heterocycles. The van der Waals surface area contributed by atoms with Crippen molar-refractivity contribution < 1.29 is 9.32 Å². The summed E-state index contributed by atoms with van der Waals surface area (Å²) >= 11 is 7.62. The molecule has 0 bridgehead atoms. The van der Waals surface area contributed by atoms with Gasteiger partial charge in [0.15, 0.2) is 5.13 Å². The highest BCUT2D eigenvalue weighted by molar-refractivity contribution is 7.22. The second kappa shape index (κ2) is 7.61. The molecule has 0 fully saturated rings. The molecule has 0 saturated carbocycles. The predicted molar refractivity (Wildman–Crippen MR) is 114 cm³/mol.